The van der Waals surface area contributed by atoms with Crippen molar-refractivity contribution in [2.45, 2.75) is 38.1 Å². The Bertz CT molecular complexity index is 352. The molecule has 0 amide bonds. The number of anilines is 1. The van der Waals surface area contributed by atoms with Crippen LogP contribution in [0.25, 0.3) is 0 Å². The highest BCUT2D eigenvalue weighted by Gasteiger charge is 2.36. The molecule has 2 nitrogen and oxygen atoms in total. The van der Waals surface area contributed by atoms with Gasteiger partial charge >= 0.3 is 0 Å². The molecule has 4 heteroatoms. The molecule has 1 aliphatic carbocycles. The minimum absolute atomic E-state index is 0.789. The van der Waals surface area contributed by atoms with Gasteiger partial charge in [0.05, 0.1) is 0 Å². The van der Waals surface area contributed by atoms with Crippen molar-refractivity contribution in [3.8, 4) is 0 Å². The summed E-state index contributed by atoms with van der Waals surface area (Å²) in [6.45, 7) is 1.22. The highest BCUT2D eigenvalue weighted by atomic mass is 79.9. The van der Waals surface area contributed by atoms with E-state index < -0.39 is 0 Å². The van der Waals surface area contributed by atoms with Crippen molar-refractivity contribution < 1.29 is 0 Å². The van der Waals surface area contributed by atoms with E-state index in [1.807, 2.05) is 0 Å². The summed E-state index contributed by atoms with van der Waals surface area (Å²) >= 11 is 5.21. The van der Waals surface area contributed by atoms with E-state index in [9.17, 15) is 0 Å². The predicted octanol–water partition coefficient (Wildman–Crippen LogP) is 3.67. The van der Waals surface area contributed by atoms with Gasteiger partial charge in [0.25, 0.3) is 0 Å². The molecule has 0 unspecified atom stereocenters. The Morgan fingerprint density at radius 2 is 2.20 bits per heavy atom. The zero-order chi connectivity index (χ0) is 10.3. The molecule has 0 N–H and O–H groups in total. The highest BCUT2D eigenvalue weighted by molar-refractivity contribution is 9.10. The van der Waals surface area contributed by atoms with Crippen LogP contribution in [0.4, 0.5) is 5.13 Å². The fraction of sp³-hybridized carbons (Fsp3) is 0.727. The minimum Gasteiger partial charge on any atom is -0.345 e. The number of hydrogen-bond acceptors (Lipinski definition) is 3. The van der Waals surface area contributed by atoms with E-state index in [1.54, 1.807) is 11.3 Å². The van der Waals surface area contributed by atoms with E-state index in [0.29, 0.717) is 0 Å². The summed E-state index contributed by atoms with van der Waals surface area (Å²) in [5, 5.41) is 3.31. The SMILES string of the molecule is Brc1csc(N2CC[C@@H]3CCCC[C@@H]32)n1. The molecule has 82 valence electrons. The van der Waals surface area contributed by atoms with Crippen LogP contribution in [0.5, 0.6) is 0 Å². The molecule has 2 aliphatic rings. The molecule has 1 aliphatic heterocycles. The molecule has 1 aromatic heterocycles. The Kier molecular flexibility index (Phi) is 2.73. The maximum absolute atomic E-state index is 4.54. The Hall–Kier alpha value is -0.0900. The molecular weight excluding hydrogens is 272 g/mol. The van der Waals surface area contributed by atoms with Crippen molar-refractivity contribution >= 4 is 32.4 Å². The number of halogens is 1. The monoisotopic (exact) mass is 286 g/mol. The van der Waals surface area contributed by atoms with E-state index in [4.69, 9.17) is 0 Å². The molecule has 0 bridgehead atoms. The first-order valence-electron chi connectivity index (χ1n) is 5.72. The van der Waals surface area contributed by atoms with E-state index in [2.05, 4.69) is 31.2 Å². The van der Waals surface area contributed by atoms with Gasteiger partial charge in [0, 0.05) is 18.0 Å². The Labute approximate surface area is 103 Å². The van der Waals surface area contributed by atoms with Gasteiger partial charge in [-0.25, -0.2) is 4.98 Å². The van der Waals surface area contributed by atoms with E-state index >= 15 is 0 Å². The van der Waals surface area contributed by atoms with Crippen LogP contribution in [0.3, 0.4) is 0 Å². The summed E-state index contributed by atoms with van der Waals surface area (Å²) in [6.07, 6.45) is 7.04. The zero-order valence-electron chi connectivity index (χ0n) is 8.66. The van der Waals surface area contributed by atoms with E-state index in [-0.39, 0.29) is 0 Å². The number of aromatic nitrogens is 1. The molecule has 0 radical (unpaired) electrons. The van der Waals surface area contributed by atoms with Crippen LogP contribution < -0.4 is 4.90 Å². The summed E-state index contributed by atoms with van der Waals surface area (Å²) in [4.78, 5) is 7.09. The first kappa shape index (κ1) is 10.1. The molecule has 15 heavy (non-hydrogen) atoms. The minimum atomic E-state index is 0.789. The molecule has 3 rings (SSSR count). The number of hydrogen-bond donors (Lipinski definition) is 0. The fourth-order valence-electron chi connectivity index (χ4n) is 3.02. The molecule has 1 aromatic rings. The molecule has 2 fully saturated rings. The van der Waals surface area contributed by atoms with E-state index in [1.165, 1.54) is 43.8 Å². The normalized spacial score (nSPS) is 30.6. The van der Waals surface area contributed by atoms with Gasteiger partial charge in [0.2, 0.25) is 0 Å². The van der Waals surface area contributed by atoms with Crippen LogP contribution >= 0.6 is 27.3 Å². The van der Waals surface area contributed by atoms with Crippen LogP contribution in [0, 0.1) is 5.92 Å². The van der Waals surface area contributed by atoms with Gasteiger partial charge in [-0.1, -0.05) is 12.8 Å². The van der Waals surface area contributed by atoms with Crippen LogP contribution in [0.1, 0.15) is 32.1 Å². The third kappa shape index (κ3) is 1.82. The Morgan fingerprint density at radius 3 is 3.00 bits per heavy atom. The first-order chi connectivity index (χ1) is 7.34. The van der Waals surface area contributed by atoms with Crippen molar-refractivity contribution in [3.05, 3.63) is 9.98 Å². The molecule has 1 saturated carbocycles. The third-order valence-electron chi connectivity index (χ3n) is 3.72. The highest BCUT2D eigenvalue weighted by Crippen LogP contribution is 2.40. The average molecular weight is 287 g/mol. The molecule has 2 atom stereocenters. The summed E-state index contributed by atoms with van der Waals surface area (Å²) in [5.41, 5.74) is 0. The van der Waals surface area contributed by atoms with Crippen LogP contribution in [0.15, 0.2) is 9.98 Å². The van der Waals surface area contributed by atoms with Gasteiger partial charge in [0.15, 0.2) is 5.13 Å². The van der Waals surface area contributed by atoms with Gasteiger partial charge in [-0.2, -0.15) is 0 Å². The smallest absolute Gasteiger partial charge is 0.186 e. The lowest BCUT2D eigenvalue weighted by Crippen LogP contribution is -2.34. The lowest BCUT2D eigenvalue weighted by Gasteiger charge is -2.31. The van der Waals surface area contributed by atoms with Gasteiger partial charge in [0.1, 0.15) is 4.60 Å². The van der Waals surface area contributed by atoms with Crippen LogP contribution in [-0.2, 0) is 0 Å². The number of nitrogens with zero attached hydrogens (tertiary/aromatic N) is 2. The van der Waals surface area contributed by atoms with Crippen molar-refractivity contribution in [2.24, 2.45) is 5.92 Å². The summed E-state index contributed by atoms with van der Waals surface area (Å²) < 4.78 is 0.988. The Morgan fingerprint density at radius 1 is 1.33 bits per heavy atom. The second kappa shape index (κ2) is 4.06. The van der Waals surface area contributed by atoms with Gasteiger partial charge < -0.3 is 4.90 Å². The summed E-state index contributed by atoms with van der Waals surface area (Å²) in [6, 6.07) is 0.789. The van der Waals surface area contributed by atoms with Gasteiger partial charge in [-0.3, -0.25) is 0 Å². The summed E-state index contributed by atoms with van der Waals surface area (Å²) in [7, 11) is 0. The second-order valence-electron chi connectivity index (χ2n) is 4.55. The molecule has 1 saturated heterocycles. The van der Waals surface area contributed by atoms with Gasteiger partial charge in [-0.15, -0.1) is 11.3 Å². The van der Waals surface area contributed by atoms with Crippen LogP contribution in [-0.4, -0.2) is 17.6 Å². The topological polar surface area (TPSA) is 16.1 Å². The fourth-order valence-corrected chi connectivity index (χ4v) is 4.35. The predicted molar refractivity (Wildman–Crippen MR) is 67.5 cm³/mol. The largest absolute Gasteiger partial charge is 0.345 e. The lowest BCUT2D eigenvalue weighted by molar-refractivity contribution is 0.342. The first-order valence-corrected chi connectivity index (χ1v) is 7.39. The second-order valence-corrected chi connectivity index (χ2v) is 6.20. The molecule has 0 aromatic carbocycles. The maximum Gasteiger partial charge on any atom is 0.186 e. The molecule has 2 heterocycles. The number of rotatable bonds is 1. The van der Waals surface area contributed by atoms with Crippen molar-refractivity contribution in [2.75, 3.05) is 11.4 Å². The van der Waals surface area contributed by atoms with E-state index in [0.717, 1.165) is 16.6 Å². The zero-order valence-corrected chi connectivity index (χ0v) is 11.1. The van der Waals surface area contributed by atoms with Gasteiger partial charge in [-0.05, 0) is 41.1 Å². The van der Waals surface area contributed by atoms with Crippen molar-refractivity contribution in [3.63, 3.8) is 0 Å². The van der Waals surface area contributed by atoms with Crippen LogP contribution in [0.2, 0.25) is 0 Å². The average Bonchev–Trinajstić information content (AvgIpc) is 2.83. The number of fused-ring (bicyclic) bond motifs is 1. The molecule has 0 spiro atoms. The lowest BCUT2D eigenvalue weighted by atomic mass is 9.85. The van der Waals surface area contributed by atoms with Crippen molar-refractivity contribution in [1.29, 1.82) is 0 Å². The summed E-state index contributed by atoms with van der Waals surface area (Å²) in [5.74, 6) is 0.946. The third-order valence-corrected chi connectivity index (χ3v) is 5.31. The number of thiazole rings is 1. The quantitative estimate of drug-likeness (QED) is 0.783. The molecular formula is C11H15BrN2S. The Balaban J connectivity index is 1.82. The maximum atomic E-state index is 4.54. The standard InChI is InChI=1S/C11H15BrN2S/c12-10-7-15-11(13-10)14-6-5-8-3-1-2-4-9(8)14/h7-9H,1-6H2/t8-,9-/m0/s1. The van der Waals surface area contributed by atoms with Crippen molar-refractivity contribution in [1.82, 2.24) is 4.98 Å².